The Labute approximate surface area is 56.4 Å². The Kier molecular flexibility index (Phi) is 1.84. The molecule has 0 unspecified atom stereocenters. The molecule has 0 saturated heterocycles. The molecule has 1 amide bonds. The summed E-state index contributed by atoms with van der Waals surface area (Å²) in [6.07, 6.45) is 2.11. The van der Waals surface area contributed by atoms with Gasteiger partial charge in [-0.3, -0.25) is 0 Å². The van der Waals surface area contributed by atoms with Gasteiger partial charge in [0.2, 0.25) is 0 Å². The van der Waals surface area contributed by atoms with Crippen molar-refractivity contribution in [1.29, 1.82) is 0 Å². The van der Waals surface area contributed by atoms with Crippen LogP contribution in [0, 0.1) is 0 Å². The molecule has 1 aliphatic heterocycles. The average Bonchev–Trinajstić information content (AvgIpc) is 1.90. The molecule has 0 spiro atoms. The van der Waals surface area contributed by atoms with Crippen LogP contribution in [-0.2, 0) is 4.18 Å². The summed E-state index contributed by atoms with van der Waals surface area (Å²) in [6.45, 7) is 0.389. The molecule has 0 bridgehead atoms. The number of carbonyl (C=O) groups is 1. The van der Waals surface area contributed by atoms with Crippen LogP contribution in [0.5, 0.6) is 0 Å². The SMILES string of the molecule is O=C(O)N1CC=COS1. The van der Waals surface area contributed by atoms with Gasteiger partial charge in [0.05, 0.1) is 6.54 Å². The quantitative estimate of drug-likeness (QED) is 0.411. The van der Waals surface area contributed by atoms with Crippen molar-refractivity contribution < 1.29 is 14.1 Å². The van der Waals surface area contributed by atoms with Crippen molar-refractivity contribution in [2.45, 2.75) is 0 Å². The Hall–Kier alpha value is -0.840. The van der Waals surface area contributed by atoms with E-state index in [1.807, 2.05) is 0 Å². The van der Waals surface area contributed by atoms with Crippen molar-refractivity contribution in [3.8, 4) is 0 Å². The van der Waals surface area contributed by atoms with Crippen molar-refractivity contribution in [2.24, 2.45) is 0 Å². The van der Waals surface area contributed by atoms with Crippen LogP contribution in [0.2, 0.25) is 0 Å². The number of hydrogen-bond donors (Lipinski definition) is 1. The average molecular weight is 147 g/mol. The third kappa shape index (κ3) is 1.53. The van der Waals surface area contributed by atoms with Crippen molar-refractivity contribution >= 4 is 18.3 Å². The molecule has 4 nitrogen and oxygen atoms in total. The van der Waals surface area contributed by atoms with Crippen molar-refractivity contribution in [2.75, 3.05) is 6.54 Å². The van der Waals surface area contributed by atoms with Crippen LogP contribution in [0.4, 0.5) is 4.79 Å². The number of amides is 1. The molecule has 0 atom stereocenters. The first kappa shape index (κ1) is 6.28. The minimum atomic E-state index is -0.982. The van der Waals surface area contributed by atoms with Gasteiger partial charge >= 0.3 is 6.09 Å². The maximum Gasteiger partial charge on any atom is 0.420 e. The Bertz CT molecular complexity index is 147. The molecule has 0 fully saturated rings. The molecule has 1 rings (SSSR count). The van der Waals surface area contributed by atoms with Gasteiger partial charge in [-0.05, 0) is 6.08 Å². The molecule has 0 saturated carbocycles. The van der Waals surface area contributed by atoms with Gasteiger partial charge in [0, 0.05) is 0 Å². The number of nitrogens with zero attached hydrogens (tertiary/aromatic N) is 1. The van der Waals surface area contributed by atoms with Gasteiger partial charge < -0.3 is 9.29 Å². The second kappa shape index (κ2) is 2.63. The van der Waals surface area contributed by atoms with E-state index in [-0.39, 0.29) is 0 Å². The first-order chi connectivity index (χ1) is 4.30. The third-order valence-corrected chi connectivity index (χ3v) is 1.45. The summed E-state index contributed by atoms with van der Waals surface area (Å²) in [7, 11) is 0. The largest absolute Gasteiger partial charge is 0.464 e. The highest BCUT2D eigenvalue weighted by Gasteiger charge is 2.13. The lowest BCUT2D eigenvalue weighted by atomic mass is 10.6. The van der Waals surface area contributed by atoms with E-state index in [9.17, 15) is 4.79 Å². The predicted molar refractivity (Wildman–Crippen MR) is 32.5 cm³/mol. The summed E-state index contributed by atoms with van der Waals surface area (Å²) in [4.78, 5) is 10.1. The Morgan fingerprint density at radius 1 is 1.89 bits per heavy atom. The highest BCUT2D eigenvalue weighted by molar-refractivity contribution is 7.92. The Morgan fingerprint density at radius 3 is 3.00 bits per heavy atom. The summed E-state index contributed by atoms with van der Waals surface area (Å²) in [5, 5.41) is 8.33. The van der Waals surface area contributed by atoms with Gasteiger partial charge in [0.15, 0.2) is 12.2 Å². The fraction of sp³-hybridized carbons (Fsp3) is 0.250. The zero-order valence-corrected chi connectivity index (χ0v) is 5.30. The molecule has 1 N–H and O–H groups in total. The normalized spacial score (nSPS) is 17.1. The summed E-state index contributed by atoms with van der Waals surface area (Å²) in [5.41, 5.74) is 0. The van der Waals surface area contributed by atoms with Gasteiger partial charge in [-0.25, -0.2) is 9.10 Å². The topological polar surface area (TPSA) is 49.8 Å². The minimum Gasteiger partial charge on any atom is -0.464 e. The van der Waals surface area contributed by atoms with Gasteiger partial charge in [0.25, 0.3) is 0 Å². The molecule has 0 aliphatic carbocycles. The van der Waals surface area contributed by atoms with Crippen LogP contribution in [0.3, 0.4) is 0 Å². The smallest absolute Gasteiger partial charge is 0.420 e. The zero-order valence-electron chi connectivity index (χ0n) is 4.48. The fourth-order valence-corrected chi connectivity index (χ4v) is 0.838. The third-order valence-electron chi connectivity index (χ3n) is 0.769. The molecule has 0 aromatic carbocycles. The van der Waals surface area contributed by atoms with E-state index in [1.54, 1.807) is 6.08 Å². The zero-order chi connectivity index (χ0) is 6.69. The van der Waals surface area contributed by atoms with Gasteiger partial charge in [-0.15, -0.1) is 0 Å². The van der Waals surface area contributed by atoms with Crippen LogP contribution in [0.1, 0.15) is 0 Å². The number of rotatable bonds is 0. The van der Waals surface area contributed by atoms with Crippen LogP contribution in [-0.4, -0.2) is 22.0 Å². The molecule has 1 heterocycles. The molecule has 5 heteroatoms. The number of hydrogen-bond acceptors (Lipinski definition) is 3. The van der Waals surface area contributed by atoms with Crippen LogP contribution in [0.25, 0.3) is 0 Å². The van der Waals surface area contributed by atoms with Crippen molar-refractivity contribution in [3.63, 3.8) is 0 Å². The molecule has 1 aliphatic rings. The molecule has 0 radical (unpaired) electrons. The standard InChI is InChI=1S/C4H5NO3S/c6-4(7)5-2-1-3-8-9-5/h1,3H,2H2,(H,6,7). The molecule has 9 heavy (non-hydrogen) atoms. The summed E-state index contributed by atoms with van der Waals surface area (Å²) < 4.78 is 5.71. The minimum absolute atomic E-state index is 0.389. The maximum absolute atomic E-state index is 10.1. The lowest BCUT2D eigenvalue weighted by Gasteiger charge is -2.15. The highest BCUT2D eigenvalue weighted by atomic mass is 32.2. The van der Waals surface area contributed by atoms with E-state index in [0.29, 0.717) is 6.54 Å². The van der Waals surface area contributed by atoms with Crippen LogP contribution < -0.4 is 0 Å². The van der Waals surface area contributed by atoms with Gasteiger partial charge in [0.1, 0.15) is 6.26 Å². The number of carboxylic acid groups (broad SMARTS) is 1. The monoisotopic (exact) mass is 147 g/mol. The first-order valence-corrected chi connectivity index (χ1v) is 2.99. The highest BCUT2D eigenvalue weighted by Crippen LogP contribution is 2.15. The van der Waals surface area contributed by atoms with E-state index in [4.69, 9.17) is 5.11 Å². The van der Waals surface area contributed by atoms with Crippen LogP contribution >= 0.6 is 12.2 Å². The summed E-state index contributed by atoms with van der Waals surface area (Å²) in [5.74, 6) is 0. The summed E-state index contributed by atoms with van der Waals surface area (Å²) >= 11 is 0.818. The van der Waals surface area contributed by atoms with Crippen molar-refractivity contribution in [1.82, 2.24) is 4.31 Å². The van der Waals surface area contributed by atoms with E-state index >= 15 is 0 Å². The molecular formula is C4H5NO3S. The fourth-order valence-electron chi connectivity index (χ4n) is 0.395. The lowest BCUT2D eigenvalue weighted by Crippen LogP contribution is -2.23. The Morgan fingerprint density at radius 2 is 2.67 bits per heavy atom. The predicted octanol–water partition coefficient (Wildman–Crippen LogP) is 1.07. The van der Waals surface area contributed by atoms with Gasteiger partial charge in [-0.1, -0.05) is 0 Å². The van der Waals surface area contributed by atoms with Gasteiger partial charge in [-0.2, -0.15) is 0 Å². The van der Waals surface area contributed by atoms with E-state index in [2.05, 4.69) is 4.18 Å². The molecule has 0 aromatic rings. The van der Waals surface area contributed by atoms with Crippen LogP contribution in [0.15, 0.2) is 12.3 Å². The second-order valence-corrected chi connectivity index (χ2v) is 2.17. The van der Waals surface area contributed by atoms with E-state index < -0.39 is 6.09 Å². The molecular weight excluding hydrogens is 142 g/mol. The summed E-state index contributed by atoms with van der Waals surface area (Å²) in [6, 6.07) is 0. The van der Waals surface area contributed by atoms with E-state index in [0.717, 1.165) is 16.5 Å². The van der Waals surface area contributed by atoms with Crippen molar-refractivity contribution in [3.05, 3.63) is 12.3 Å². The van der Waals surface area contributed by atoms with E-state index in [1.165, 1.54) is 6.26 Å². The molecule has 0 aromatic heterocycles. The first-order valence-electron chi connectivity index (χ1n) is 2.29. The molecule has 50 valence electrons. The maximum atomic E-state index is 10.1. The second-order valence-electron chi connectivity index (χ2n) is 1.39. The lowest BCUT2D eigenvalue weighted by molar-refractivity contribution is 0.175. The Balaban J connectivity index is 2.44.